The molecule has 4 N–H and O–H groups in total. The fraction of sp³-hybridized carbons (Fsp3) is 0.267. The minimum atomic E-state index is -2.18. The van der Waals surface area contributed by atoms with Crippen LogP contribution in [0, 0.1) is 0 Å². The van der Waals surface area contributed by atoms with Crippen LogP contribution in [-0.4, -0.2) is 64.0 Å². The lowest BCUT2D eigenvalue weighted by molar-refractivity contribution is -0.180. The van der Waals surface area contributed by atoms with Crippen LogP contribution in [0.2, 0.25) is 0 Å². The molecule has 5 rings (SSSR count). The van der Waals surface area contributed by atoms with E-state index in [9.17, 15) is 24.9 Å². The number of hydrogen-bond donors (Lipinski definition) is 4. The maximum Gasteiger partial charge on any atom is 0.330 e. The van der Waals surface area contributed by atoms with Gasteiger partial charge in [-0.15, -0.1) is 0 Å². The van der Waals surface area contributed by atoms with Crippen LogP contribution in [0.25, 0.3) is 0 Å². The maximum absolute atomic E-state index is 13.6. The van der Waals surface area contributed by atoms with E-state index in [1.165, 1.54) is 20.4 Å². The molecule has 0 amide bonds. The highest BCUT2D eigenvalue weighted by Gasteiger charge is 2.69. The first-order valence-electron chi connectivity index (χ1n) is 12.7. The average Bonchev–Trinajstić information content (AvgIpc) is 3.24. The van der Waals surface area contributed by atoms with E-state index in [1.54, 1.807) is 72.8 Å². The third-order valence-electron chi connectivity index (χ3n) is 7.56. The van der Waals surface area contributed by atoms with E-state index in [4.69, 9.17) is 14.2 Å². The van der Waals surface area contributed by atoms with E-state index in [1.807, 2.05) is 6.07 Å². The summed E-state index contributed by atoms with van der Waals surface area (Å²) in [4.78, 5) is 28.0. The van der Waals surface area contributed by atoms with E-state index < -0.39 is 47.3 Å². The summed E-state index contributed by atoms with van der Waals surface area (Å²) in [5.41, 5.74) is -3.85. The minimum absolute atomic E-state index is 0.392. The predicted octanol–water partition coefficient (Wildman–Crippen LogP) is 1.35. The van der Waals surface area contributed by atoms with Crippen molar-refractivity contribution in [2.45, 2.75) is 29.5 Å². The van der Waals surface area contributed by atoms with Crippen LogP contribution >= 0.6 is 0 Å². The van der Waals surface area contributed by atoms with Gasteiger partial charge in [-0.25, -0.2) is 4.79 Å². The summed E-state index contributed by atoms with van der Waals surface area (Å²) in [6.45, 7) is -0.660. The molecule has 1 aromatic heterocycles. The second kappa shape index (κ2) is 10.7. The van der Waals surface area contributed by atoms with Gasteiger partial charge in [-0.3, -0.25) is 14.3 Å². The molecule has 10 heteroatoms. The Kier molecular flexibility index (Phi) is 7.35. The third kappa shape index (κ3) is 3.96. The molecular formula is C30H30N2O8. The van der Waals surface area contributed by atoms with E-state index in [0.29, 0.717) is 28.2 Å². The maximum atomic E-state index is 13.6. The van der Waals surface area contributed by atoms with E-state index in [0.717, 1.165) is 10.6 Å². The fourth-order valence-corrected chi connectivity index (χ4v) is 5.90. The van der Waals surface area contributed by atoms with Crippen LogP contribution < -0.4 is 20.7 Å². The molecule has 208 valence electrons. The van der Waals surface area contributed by atoms with Gasteiger partial charge in [-0.05, 0) is 29.3 Å². The molecule has 1 fully saturated rings. The average molecular weight is 547 g/mol. The Morgan fingerprint density at radius 1 is 0.925 bits per heavy atom. The summed E-state index contributed by atoms with van der Waals surface area (Å²) in [5.74, 6) is 0.868. The molecule has 1 saturated heterocycles. The van der Waals surface area contributed by atoms with Crippen LogP contribution in [0.15, 0.2) is 101 Å². The lowest BCUT2D eigenvalue weighted by Crippen LogP contribution is -2.64. The molecule has 0 spiro atoms. The number of methoxy groups -OCH3 is 2. The zero-order valence-electron chi connectivity index (χ0n) is 21.9. The molecule has 2 heterocycles. The Labute approximate surface area is 229 Å². The largest absolute Gasteiger partial charge is 0.497 e. The zero-order chi connectivity index (χ0) is 28.5. The number of aromatic nitrogens is 2. The molecule has 0 bridgehead atoms. The van der Waals surface area contributed by atoms with Crippen molar-refractivity contribution in [3.05, 3.63) is 129 Å². The van der Waals surface area contributed by atoms with Crippen LogP contribution in [0.5, 0.6) is 11.5 Å². The van der Waals surface area contributed by atoms with Crippen LogP contribution in [0.4, 0.5) is 0 Å². The molecule has 1 aliphatic heterocycles. The van der Waals surface area contributed by atoms with Gasteiger partial charge < -0.3 is 29.5 Å². The van der Waals surface area contributed by atoms with Crippen LogP contribution in [0.1, 0.15) is 16.7 Å². The van der Waals surface area contributed by atoms with E-state index in [2.05, 4.69) is 4.98 Å². The Bertz CT molecular complexity index is 1600. The van der Waals surface area contributed by atoms with Crippen molar-refractivity contribution in [1.82, 2.24) is 9.55 Å². The van der Waals surface area contributed by atoms with Crippen molar-refractivity contribution in [1.29, 1.82) is 0 Å². The third-order valence-corrected chi connectivity index (χ3v) is 7.56. The summed E-state index contributed by atoms with van der Waals surface area (Å²) >= 11 is 0. The fourth-order valence-electron chi connectivity index (χ4n) is 5.90. The highest BCUT2D eigenvalue weighted by Crippen LogP contribution is 2.58. The van der Waals surface area contributed by atoms with E-state index in [-0.39, 0.29) is 0 Å². The highest BCUT2D eigenvalue weighted by molar-refractivity contribution is 5.59. The number of para-hydroxylation sites is 1. The minimum Gasteiger partial charge on any atom is -0.497 e. The second-order valence-corrected chi connectivity index (χ2v) is 9.50. The SMILES string of the molecule is COc1cccc(C(c2ccccc2)(c2ccccc2OC)[C@@]2(n3ccc(=O)[nH]c3=O)O[C@H](CO)[C@@H](O)[C@H]2O)c1. The number of nitrogens with zero attached hydrogens (tertiary/aromatic N) is 1. The van der Waals surface area contributed by atoms with Gasteiger partial charge in [0.25, 0.3) is 5.56 Å². The molecule has 0 saturated carbocycles. The quantitative estimate of drug-likeness (QED) is 0.243. The Morgan fingerprint density at radius 3 is 2.27 bits per heavy atom. The monoisotopic (exact) mass is 546 g/mol. The number of H-pyrrole nitrogens is 1. The molecule has 0 radical (unpaired) electrons. The number of hydrogen-bond acceptors (Lipinski definition) is 8. The molecular weight excluding hydrogens is 516 g/mol. The number of nitrogens with one attached hydrogen (secondary N) is 1. The summed E-state index contributed by atoms with van der Waals surface area (Å²) in [6.07, 6.45) is -3.50. The molecule has 1 unspecified atom stereocenters. The van der Waals surface area contributed by atoms with Crippen molar-refractivity contribution >= 4 is 0 Å². The van der Waals surface area contributed by atoms with Gasteiger partial charge in [0.1, 0.15) is 29.8 Å². The van der Waals surface area contributed by atoms with Gasteiger partial charge in [-0.2, -0.15) is 0 Å². The van der Waals surface area contributed by atoms with Gasteiger partial charge in [0.05, 0.1) is 26.2 Å². The first kappa shape index (κ1) is 27.4. The van der Waals surface area contributed by atoms with E-state index >= 15 is 0 Å². The van der Waals surface area contributed by atoms with Gasteiger partial charge in [-0.1, -0.05) is 60.7 Å². The molecule has 1 aliphatic rings. The normalized spacial score (nSPS) is 23.9. The van der Waals surface area contributed by atoms with Crippen LogP contribution in [0.3, 0.4) is 0 Å². The van der Waals surface area contributed by atoms with Crippen molar-refractivity contribution in [3.63, 3.8) is 0 Å². The molecule has 3 aromatic carbocycles. The summed E-state index contributed by atoms with van der Waals surface area (Å²) in [7, 11) is 3.01. The van der Waals surface area contributed by atoms with Gasteiger partial charge in [0.15, 0.2) is 5.72 Å². The molecule has 5 atom stereocenters. The second-order valence-electron chi connectivity index (χ2n) is 9.50. The standard InChI is InChI=1S/C30H30N2O8/c1-38-21-12-8-11-20(17-21)29(19-9-4-3-5-10-19,22-13-6-7-14-23(22)39-2)30(27(36)26(35)24(18-33)40-30)32-16-15-25(34)31-28(32)37/h3-17,24,26-27,33,35-36H,18H2,1-2H3,(H,31,34,37)/t24-,26-,27-,29?,30+/m1/s1. The Balaban J connectivity index is 2.08. The first-order valence-corrected chi connectivity index (χ1v) is 12.7. The summed E-state index contributed by atoms with van der Waals surface area (Å²) in [5, 5.41) is 33.5. The Hall–Kier alpha value is -4.22. The van der Waals surface area contributed by atoms with Gasteiger partial charge in [0.2, 0.25) is 0 Å². The van der Waals surface area contributed by atoms with Crippen molar-refractivity contribution in [2.24, 2.45) is 0 Å². The highest BCUT2D eigenvalue weighted by atomic mass is 16.6. The lowest BCUT2D eigenvalue weighted by Gasteiger charge is -2.51. The molecule has 40 heavy (non-hydrogen) atoms. The number of rotatable bonds is 8. The molecule has 0 aliphatic carbocycles. The lowest BCUT2D eigenvalue weighted by atomic mass is 9.60. The number of benzene rings is 3. The smallest absolute Gasteiger partial charge is 0.330 e. The first-order chi connectivity index (χ1) is 19.3. The van der Waals surface area contributed by atoms with Crippen molar-refractivity contribution < 1.29 is 29.5 Å². The van der Waals surface area contributed by atoms with Gasteiger partial charge >= 0.3 is 5.69 Å². The Morgan fingerprint density at radius 2 is 1.62 bits per heavy atom. The topological polar surface area (TPSA) is 143 Å². The predicted molar refractivity (Wildman–Crippen MR) is 146 cm³/mol. The number of ether oxygens (including phenoxy) is 3. The number of aliphatic hydroxyl groups excluding tert-OH is 3. The van der Waals surface area contributed by atoms with Crippen molar-refractivity contribution in [2.75, 3.05) is 20.8 Å². The van der Waals surface area contributed by atoms with Gasteiger partial charge in [0, 0.05) is 17.8 Å². The van der Waals surface area contributed by atoms with Crippen molar-refractivity contribution in [3.8, 4) is 11.5 Å². The molecule has 10 nitrogen and oxygen atoms in total. The van der Waals surface area contributed by atoms with Crippen LogP contribution in [-0.2, 0) is 15.9 Å². The molecule has 4 aromatic rings. The zero-order valence-corrected chi connectivity index (χ0v) is 21.9. The summed E-state index contributed by atoms with van der Waals surface area (Å²) < 4.78 is 19.0. The number of aliphatic hydroxyl groups is 3. The number of aromatic amines is 1. The summed E-state index contributed by atoms with van der Waals surface area (Å²) in [6, 6.07) is 24.2.